The maximum absolute atomic E-state index is 11.0. The van der Waals surface area contributed by atoms with Gasteiger partial charge in [-0.2, -0.15) is 0 Å². The first-order valence-electron chi connectivity index (χ1n) is 4.66. The van der Waals surface area contributed by atoms with Crippen molar-refractivity contribution in [2.24, 2.45) is 0 Å². The molecule has 6 heteroatoms. The van der Waals surface area contributed by atoms with Gasteiger partial charge in [0.15, 0.2) is 5.78 Å². The van der Waals surface area contributed by atoms with Crippen LogP contribution in [0.1, 0.15) is 18.6 Å². The molecule has 1 rings (SSSR count). The first-order valence-corrected chi connectivity index (χ1v) is 5.04. The second kappa shape index (κ2) is 5.07. The minimum atomic E-state index is -1.26. The average Bonchev–Trinajstić information content (AvgIpc) is 2.27. The van der Waals surface area contributed by atoms with Gasteiger partial charge < -0.3 is 5.11 Å². The Labute approximate surface area is 102 Å². The zero-order valence-corrected chi connectivity index (χ0v) is 9.77. The molecular weight excluding hydrogens is 246 g/mol. The second-order valence-electron chi connectivity index (χ2n) is 3.45. The van der Waals surface area contributed by atoms with Gasteiger partial charge in [0.2, 0.25) is 0 Å². The van der Waals surface area contributed by atoms with E-state index in [1.54, 1.807) is 0 Å². The lowest BCUT2D eigenvalue weighted by atomic mass is 10.00. The van der Waals surface area contributed by atoms with Gasteiger partial charge in [0, 0.05) is 11.6 Å². The molecule has 5 nitrogen and oxygen atoms in total. The van der Waals surface area contributed by atoms with E-state index in [1.807, 2.05) is 0 Å². The van der Waals surface area contributed by atoms with Gasteiger partial charge >= 0.3 is 0 Å². The maximum atomic E-state index is 11.0. The quantitative estimate of drug-likeness (QED) is 0.509. The lowest BCUT2D eigenvalue weighted by Gasteiger charge is -2.11. The lowest BCUT2D eigenvalue weighted by molar-refractivity contribution is -0.384. The highest BCUT2D eigenvalue weighted by Gasteiger charge is 2.20. The number of nitro benzene ring substituents is 1. The molecule has 0 amide bonds. The Morgan fingerprint density at radius 3 is 2.65 bits per heavy atom. The zero-order chi connectivity index (χ0) is 13.2. The predicted molar refractivity (Wildman–Crippen MR) is 62.9 cm³/mol. The van der Waals surface area contributed by atoms with Crippen LogP contribution < -0.4 is 0 Å². The Morgan fingerprint density at radius 2 is 2.18 bits per heavy atom. The van der Waals surface area contributed by atoms with Crippen molar-refractivity contribution in [2.45, 2.75) is 13.0 Å². The summed E-state index contributed by atoms with van der Waals surface area (Å²) in [4.78, 5) is 21.0. The van der Waals surface area contributed by atoms with Crippen LogP contribution in [0, 0.1) is 10.1 Å². The van der Waals surface area contributed by atoms with Gasteiger partial charge in [-0.05, 0) is 18.6 Å². The standard InChI is InChI=1S/C11H10ClNO4/c1-6(7(2)14)11(15)8-3-4-9(12)10(5-8)13(16)17/h3-5,11,15H,1H2,2H3/t11-/m1/s1. The van der Waals surface area contributed by atoms with Crippen LogP contribution in [0.15, 0.2) is 30.4 Å². The summed E-state index contributed by atoms with van der Waals surface area (Å²) < 4.78 is 0. The van der Waals surface area contributed by atoms with Gasteiger partial charge in [0.05, 0.1) is 4.92 Å². The molecule has 0 aromatic heterocycles. The highest BCUT2D eigenvalue weighted by Crippen LogP contribution is 2.30. The fraction of sp³-hybridized carbons (Fsp3) is 0.182. The number of carbonyl (C=O) groups is 1. The Balaban J connectivity index is 3.16. The van der Waals surface area contributed by atoms with E-state index in [4.69, 9.17) is 11.6 Å². The summed E-state index contributed by atoms with van der Waals surface area (Å²) in [7, 11) is 0. The van der Waals surface area contributed by atoms with Gasteiger partial charge in [0.1, 0.15) is 11.1 Å². The lowest BCUT2D eigenvalue weighted by Crippen LogP contribution is -2.07. The highest BCUT2D eigenvalue weighted by molar-refractivity contribution is 6.32. The number of Topliss-reactive ketones (excluding diaryl/α,β-unsaturated/α-hetero) is 1. The Morgan fingerprint density at radius 1 is 1.59 bits per heavy atom. The Hall–Kier alpha value is -1.72. The van der Waals surface area contributed by atoms with Crippen LogP contribution in [0.2, 0.25) is 5.02 Å². The number of aliphatic hydroxyl groups is 1. The molecule has 0 spiro atoms. The fourth-order valence-corrected chi connectivity index (χ4v) is 1.42. The van der Waals surface area contributed by atoms with Gasteiger partial charge in [-0.15, -0.1) is 0 Å². The highest BCUT2D eigenvalue weighted by atomic mass is 35.5. The Bertz CT molecular complexity index is 498. The van der Waals surface area contributed by atoms with Crippen molar-refractivity contribution in [1.82, 2.24) is 0 Å². The van der Waals surface area contributed by atoms with E-state index in [0.29, 0.717) is 0 Å². The molecule has 1 aromatic rings. The normalized spacial score (nSPS) is 11.9. The van der Waals surface area contributed by atoms with Gasteiger partial charge in [-0.1, -0.05) is 24.2 Å². The third kappa shape index (κ3) is 2.89. The molecule has 0 heterocycles. The summed E-state index contributed by atoms with van der Waals surface area (Å²) >= 11 is 5.63. The minimum Gasteiger partial charge on any atom is -0.384 e. The minimum absolute atomic E-state index is 0.0263. The van der Waals surface area contributed by atoms with Gasteiger partial charge in [0.25, 0.3) is 5.69 Å². The van der Waals surface area contributed by atoms with Crippen LogP contribution in [0.3, 0.4) is 0 Å². The maximum Gasteiger partial charge on any atom is 0.288 e. The largest absolute Gasteiger partial charge is 0.384 e. The molecule has 0 bridgehead atoms. The van der Waals surface area contributed by atoms with E-state index in [-0.39, 0.29) is 27.6 Å². The van der Waals surface area contributed by atoms with E-state index in [0.717, 1.165) is 6.07 Å². The van der Waals surface area contributed by atoms with Crippen molar-refractivity contribution in [3.8, 4) is 0 Å². The second-order valence-corrected chi connectivity index (χ2v) is 3.86. The van der Waals surface area contributed by atoms with Crippen LogP contribution >= 0.6 is 11.6 Å². The zero-order valence-electron chi connectivity index (χ0n) is 9.01. The number of hydrogen-bond donors (Lipinski definition) is 1. The number of aliphatic hydroxyl groups excluding tert-OH is 1. The van der Waals surface area contributed by atoms with Crippen molar-refractivity contribution in [3.63, 3.8) is 0 Å². The number of ketones is 1. The SMILES string of the molecule is C=C(C(C)=O)[C@@H](O)c1ccc(Cl)c([N+](=O)[O-])c1. The number of halogens is 1. The van der Waals surface area contributed by atoms with E-state index in [1.165, 1.54) is 19.1 Å². The molecule has 0 radical (unpaired) electrons. The first kappa shape index (κ1) is 13.3. The van der Waals surface area contributed by atoms with Crippen molar-refractivity contribution in [3.05, 3.63) is 51.1 Å². The number of nitro groups is 1. The molecule has 0 fully saturated rings. The van der Waals surface area contributed by atoms with Crippen LogP contribution in [-0.2, 0) is 4.79 Å². The molecule has 0 aliphatic carbocycles. The Kier molecular flexibility index (Phi) is 3.98. The van der Waals surface area contributed by atoms with Gasteiger partial charge in [-0.25, -0.2) is 0 Å². The molecule has 1 N–H and O–H groups in total. The molecule has 1 atom stereocenters. The van der Waals surface area contributed by atoms with Crippen LogP contribution in [0.4, 0.5) is 5.69 Å². The summed E-state index contributed by atoms with van der Waals surface area (Å²) in [5.41, 5.74) is -0.137. The average molecular weight is 256 g/mol. The summed E-state index contributed by atoms with van der Waals surface area (Å²) in [6.45, 7) is 4.68. The topological polar surface area (TPSA) is 80.4 Å². The molecule has 17 heavy (non-hydrogen) atoms. The smallest absolute Gasteiger partial charge is 0.288 e. The van der Waals surface area contributed by atoms with Crippen molar-refractivity contribution < 1.29 is 14.8 Å². The number of rotatable bonds is 4. The van der Waals surface area contributed by atoms with E-state index in [9.17, 15) is 20.0 Å². The molecular formula is C11H10ClNO4. The van der Waals surface area contributed by atoms with Crippen LogP contribution in [0.25, 0.3) is 0 Å². The van der Waals surface area contributed by atoms with Gasteiger partial charge in [-0.3, -0.25) is 14.9 Å². The summed E-state index contributed by atoms with van der Waals surface area (Å²) in [6, 6.07) is 3.83. The molecule has 0 aliphatic rings. The molecule has 0 aliphatic heterocycles. The van der Waals surface area contributed by atoms with E-state index >= 15 is 0 Å². The summed E-state index contributed by atoms with van der Waals surface area (Å²) in [6.07, 6.45) is -1.26. The van der Waals surface area contributed by atoms with Crippen molar-refractivity contribution in [2.75, 3.05) is 0 Å². The number of benzene rings is 1. The molecule has 0 saturated carbocycles. The van der Waals surface area contributed by atoms with Crippen LogP contribution in [0.5, 0.6) is 0 Å². The van der Waals surface area contributed by atoms with Crippen molar-refractivity contribution in [1.29, 1.82) is 0 Å². The summed E-state index contributed by atoms with van der Waals surface area (Å²) in [5, 5.41) is 20.4. The van der Waals surface area contributed by atoms with Crippen molar-refractivity contribution >= 4 is 23.1 Å². The molecule has 0 saturated heterocycles. The third-order valence-corrected chi connectivity index (χ3v) is 2.58. The molecule has 1 aromatic carbocycles. The molecule has 0 unspecified atom stereocenters. The number of hydrogen-bond acceptors (Lipinski definition) is 4. The molecule has 90 valence electrons. The number of carbonyl (C=O) groups excluding carboxylic acids is 1. The first-order chi connectivity index (χ1) is 7.84. The monoisotopic (exact) mass is 255 g/mol. The summed E-state index contributed by atoms with van der Waals surface area (Å²) in [5.74, 6) is -0.380. The number of nitrogens with zero attached hydrogens (tertiary/aromatic N) is 1. The third-order valence-electron chi connectivity index (χ3n) is 2.26. The van der Waals surface area contributed by atoms with E-state index in [2.05, 4.69) is 6.58 Å². The van der Waals surface area contributed by atoms with E-state index < -0.39 is 11.0 Å². The fourth-order valence-electron chi connectivity index (χ4n) is 1.23. The predicted octanol–water partition coefficient (Wildman–Crippen LogP) is 2.43. The van der Waals surface area contributed by atoms with Crippen LogP contribution in [-0.4, -0.2) is 15.8 Å².